The summed E-state index contributed by atoms with van der Waals surface area (Å²) in [7, 11) is 1.58. The van der Waals surface area contributed by atoms with Crippen LogP contribution < -0.4 is 15.5 Å². The van der Waals surface area contributed by atoms with Crippen LogP contribution in [0, 0.1) is 6.92 Å². The van der Waals surface area contributed by atoms with E-state index in [0.29, 0.717) is 34.0 Å². The summed E-state index contributed by atoms with van der Waals surface area (Å²) in [4.78, 5) is 24.4. The number of nitrogens with one attached hydrogen (secondary N) is 2. The van der Waals surface area contributed by atoms with Crippen molar-refractivity contribution in [2.75, 3.05) is 12.4 Å². The molecule has 0 aliphatic carbocycles. The molecule has 7 nitrogen and oxygen atoms in total. The number of amides is 2. The van der Waals surface area contributed by atoms with Crippen LogP contribution in [0.5, 0.6) is 5.75 Å². The summed E-state index contributed by atoms with van der Waals surface area (Å²) in [6.07, 6.45) is 1.46. The van der Waals surface area contributed by atoms with Crippen LogP contribution in [-0.2, 0) is 0 Å². The fraction of sp³-hybridized carbons (Fsp3) is 0.136. The molecule has 2 amide bonds. The molecule has 0 saturated heterocycles. The lowest BCUT2D eigenvalue weighted by Crippen LogP contribution is -2.19. The predicted octanol–water partition coefficient (Wildman–Crippen LogP) is 4.00. The van der Waals surface area contributed by atoms with Gasteiger partial charge in [-0.15, -0.1) is 0 Å². The van der Waals surface area contributed by atoms with Crippen molar-refractivity contribution in [3.63, 3.8) is 0 Å². The van der Waals surface area contributed by atoms with Gasteiger partial charge >= 0.3 is 0 Å². The standard InChI is InChI=1S/C22H21N3O4/c1-14(24-25-22(27)20-12-13-29-15(20)2)16-4-8-18(9-5-16)23-21(26)17-6-10-19(28-3)11-7-17/h4-13H,1-3H3,(H,23,26)(H,25,27)/b24-14+. The molecule has 0 fully saturated rings. The van der Waals surface area contributed by atoms with E-state index in [-0.39, 0.29) is 11.8 Å². The van der Waals surface area contributed by atoms with Crippen LogP contribution >= 0.6 is 0 Å². The Balaban J connectivity index is 1.62. The number of rotatable bonds is 6. The lowest BCUT2D eigenvalue weighted by Gasteiger charge is -2.08. The third-order valence-electron chi connectivity index (χ3n) is 4.34. The summed E-state index contributed by atoms with van der Waals surface area (Å²) in [5.74, 6) is 0.676. The molecule has 0 aliphatic rings. The molecule has 1 heterocycles. The van der Waals surface area contributed by atoms with Crippen molar-refractivity contribution in [3.8, 4) is 5.75 Å². The lowest BCUT2D eigenvalue weighted by atomic mass is 10.1. The van der Waals surface area contributed by atoms with E-state index in [0.717, 1.165) is 5.56 Å². The monoisotopic (exact) mass is 391 g/mol. The minimum atomic E-state index is -0.334. The molecule has 0 saturated carbocycles. The van der Waals surface area contributed by atoms with Gasteiger partial charge in [0.25, 0.3) is 11.8 Å². The number of ether oxygens (including phenoxy) is 1. The van der Waals surface area contributed by atoms with Gasteiger partial charge in [-0.1, -0.05) is 12.1 Å². The van der Waals surface area contributed by atoms with Gasteiger partial charge in [0.1, 0.15) is 11.5 Å². The van der Waals surface area contributed by atoms with Crippen molar-refractivity contribution in [2.45, 2.75) is 13.8 Å². The predicted molar refractivity (Wildman–Crippen MR) is 111 cm³/mol. The average Bonchev–Trinajstić information content (AvgIpc) is 3.18. The topological polar surface area (TPSA) is 92.9 Å². The smallest absolute Gasteiger partial charge is 0.274 e. The highest BCUT2D eigenvalue weighted by atomic mass is 16.5. The number of benzene rings is 2. The fourth-order valence-electron chi connectivity index (χ4n) is 2.62. The number of methoxy groups -OCH3 is 1. The van der Waals surface area contributed by atoms with E-state index >= 15 is 0 Å². The molecule has 3 aromatic rings. The molecule has 0 atom stereocenters. The minimum absolute atomic E-state index is 0.214. The summed E-state index contributed by atoms with van der Waals surface area (Å²) in [5, 5.41) is 6.96. The highest BCUT2D eigenvalue weighted by Crippen LogP contribution is 2.15. The van der Waals surface area contributed by atoms with Crippen LogP contribution in [0.25, 0.3) is 0 Å². The Morgan fingerprint density at radius 2 is 1.59 bits per heavy atom. The first kappa shape index (κ1) is 19.9. The Kier molecular flexibility index (Phi) is 6.09. The molecule has 0 unspecified atom stereocenters. The van der Waals surface area contributed by atoms with E-state index in [1.165, 1.54) is 6.26 Å². The van der Waals surface area contributed by atoms with E-state index in [1.54, 1.807) is 63.4 Å². The maximum absolute atomic E-state index is 12.3. The van der Waals surface area contributed by atoms with Crippen molar-refractivity contribution >= 4 is 23.2 Å². The number of nitrogens with zero attached hydrogens (tertiary/aromatic N) is 1. The van der Waals surface area contributed by atoms with E-state index in [2.05, 4.69) is 15.8 Å². The molecule has 1 aromatic heterocycles. The Labute approximate surface area is 168 Å². The molecule has 3 rings (SSSR count). The van der Waals surface area contributed by atoms with E-state index in [1.807, 2.05) is 12.1 Å². The Hall–Kier alpha value is -3.87. The summed E-state index contributed by atoms with van der Waals surface area (Å²) < 4.78 is 10.2. The second-order valence-electron chi connectivity index (χ2n) is 6.29. The molecule has 0 spiro atoms. The van der Waals surface area contributed by atoms with Gasteiger partial charge in [-0.05, 0) is 61.9 Å². The summed E-state index contributed by atoms with van der Waals surface area (Å²) >= 11 is 0. The SMILES string of the molecule is COc1ccc(C(=O)Nc2ccc(/C(C)=N/NC(=O)c3ccoc3C)cc2)cc1. The van der Waals surface area contributed by atoms with Gasteiger partial charge < -0.3 is 14.5 Å². The Morgan fingerprint density at radius 1 is 0.931 bits per heavy atom. The zero-order chi connectivity index (χ0) is 20.8. The maximum atomic E-state index is 12.3. The van der Waals surface area contributed by atoms with Crippen LogP contribution in [0.3, 0.4) is 0 Å². The van der Waals surface area contributed by atoms with E-state index in [9.17, 15) is 9.59 Å². The maximum Gasteiger partial charge on any atom is 0.274 e. The van der Waals surface area contributed by atoms with Gasteiger partial charge in [-0.2, -0.15) is 5.10 Å². The third-order valence-corrected chi connectivity index (χ3v) is 4.34. The average molecular weight is 391 g/mol. The highest BCUT2D eigenvalue weighted by molar-refractivity contribution is 6.05. The molecule has 148 valence electrons. The first-order chi connectivity index (χ1) is 14.0. The first-order valence-corrected chi connectivity index (χ1v) is 8.92. The molecule has 29 heavy (non-hydrogen) atoms. The van der Waals surface area contributed by atoms with Crippen LogP contribution in [0.2, 0.25) is 0 Å². The van der Waals surface area contributed by atoms with Gasteiger partial charge in [0.15, 0.2) is 0 Å². The van der Waals surface area contributed by atoms with Gasteiger partial charge in [-0.3, -0.25) is 9.59 Å². The third kappa shape index (κ3) is 4.90. The minimum Gasteiger partial charge on any atom is -0.497 e. The number of furan rings is 1. The number of hydrazone groups is 1. The number of hydrogen-bond donors (Lipinski definition) is 2. The van der Waals surface area contributed by atoms with Crippen LogP contribution in [0.15, 0.2) is 70.4 Å². The number of anilines is 1. The Bertz CT molecular complexity index is 1030. The zero-order valence-corrected chi connectivity index (χ0v) is 16.4. The first-order valence-electron chi connectivity index (χ1n) is 8.92. The number of aryl methyl sites for hydroxylation is 1. The van der Waals surface area contributed by atoms with Gasteiger partial charge in [0.2, 0.25) is 0 Å². The Morgan fingerprint density at radius 3 is 2.17 bits per heavy atom. The van der Waals surface area contributed by atoms with Gasteiger partial charge in [-0.25, -0.2) is 5.43 Å². The zero-order valence-electron chi connectivity index (χ0n) is 16.4. The van der Waals surface area contributed by atoms with Crippen LogP contribution in [0.1, 0.15) is 39.0 Å². The van der Waals surface area contributed by atoms with Crippen molar-refractivity contribution < 1.29 is 18.7 Å². The number of carbonyl (C=O) groups is 2. The molecule has 0 radical (unpaired) electrons. The quantitative estimate of drug-likeness (QED) is 0.491. The van der Waals surface area contributed by atoms with Crippen molar-refractivity contribution in [3.05, 3.63) is 83.3 Å². The lowest BCUT2D eigenvalue weighted by molar-refractivity contribution is 0.0952. The molecular formula is C22H21N3O4. The molecule has 2 aromatic carbocycles. The molecule has 2 N–H and O–H groups in total. The molecule has 7 heteroatoms. The van der Waals surface area contributed by atoms with Crippen LogP contribution in [0.4, 0.5) is 5.69 Å². The highest BCUT2D eigenvalue weighted by Gasteiger charge is 2.11. The van der Waals surface area contributed by atoms with Crippen molar-refractivity contribution in [1.82, 2.24) is 5.43 Å². The summed E-state index contributed by atoms with van der Waals surface area (Å²) in [6, 6.07) is 15.6. The van der Waals surface area contributed by atoms with Crippen LogP contribution in [-0.4, -0.2) is 24.6 Å². The summed E-state index contributed by atoms with van der Waals surface area (Å²) in [5.41, 5.74) is 5.59. The normalized spacial score (nSPS) is 11.1. The number of carbonyl (C=O) groups excluding carboxylic acids is 2. The number of hydrogen-bond acceptors (Lipinski definition) is 5. The van der Waals surface area contributed by atoms with E-state index < -0.39 is 0 Å². The van der Waals surface area contributed by atoms with E-state index in [4.69, 9.17) is 9.15 Å². The van der Waals surface area contributed by atoms with Gasteiger partial charge in [0, 0.05) is 11.3 Å². The molecule has 0 bridgehead atoms. The second-order valence-corrected chi connectivity index (χ2v) is 6.29. The second kappa shape index (κ2) is 8.88. The fourth-order valence-corrected chi connectivity index (χ4v) is 2.62. The van der Waals surface area contributed by atoms with Crippen molar-refractivity contribution in [1.29, 1.82) is 0 Å². The molecule has 0 aliphatic heterocycles. The largest absolute Gasteiger partial charge is 0.497 e. The van der Waals surface area contributed by atoms with Crippen molar-refractivity contribution in [2.24, 2.45) is 5.10 Å². The van der Waals surface area contributed by atoms with Gasteiger partial charge in [0.05, 0.1) is 24.6 Å². The summed E-state index contributed by atoms with van der Waals surface area (Å²) in [6.45, 7) is 3.50. The molecular weight excluding hydrogens is 370 g/mol.